The highest BCUT2D eigenvalue weighted by molar-refractivity contribution is 8.14. The minimum atomic E-state index is -0.137. The smallest absolute Gasteiger partial charge is 0.239 e. The zero-order valence-electron chi connectivity index (χ0n) is 14.9. The van der Waals surface area contributed by atoms with E-state index >= 15 is 0 Å². The molecule has 26 heavy (non-hydrogen) atoms. The molecule has 0 bridgehead atoms. The summed E-state index contributed by atoms with van der Waals surface area (Å²) in [6, 6.07) is 7.91. The van der Waals surface area contributed by atoms with E-state index in [4.69, 9.17) is 0 Å². The van der Waals surface area contributed by atoms with E-state index in [0.717, 1.165) is 27.5 Å². The molecule has 0 atom stereocenters. The van der Waals surface area contributed by atoms with Gasteiger partial charge in [0.25, 0.3) is 0 Å². The van der Waals surface area contributed by atoms with Crippen LogP contribution in [0.5, 0.6) is 0 Å². The Labute approximate surface area is 160 Å². The summed E-state index contributed by atoms with van der Waals surface area (Å²) in [6.07, 6.45) is 3.44. The zero-order chi connectivity index (χ0) is 18.7. The second-order valence-electron chi connectivity index (χ2n) is 6.02. The highest BCUT2D eigenvalue weighted by Crippen LogP contribution is 2.32. The van der Waals surface area contributed by atoms with E-state index in [0.29, 0.717) is 11.7 Å². The number of thiazole rings is 1. The molecule has 0 aliphatic carbocycles. The number of hydrogen-bond acceptors (Lipinski definition) is 6. The fourth-order valence-electron chi connectivity index (χ4n) is 2.46. The van der Waals surface area contributed by atoms with E-state index in [2.05, 4.69) is 29.9 Å². The van der Waals surface area contributed by atoms with E-state index in [1.54, 1.807) is 17.3 Å². The van der Waals surface area contributed by atoms with Crippen molar-refractivity contribution in [3.63, 3.8) is 0 Å². The summed E-state index contributed by atoms with van der Waals surface area (Å²) in [5.74, 6) is -0.0367. The van der Waals surface area contributed by atoms with Crippen LogP contribution in [0.4, 0.5) is 5.13 Å². The molecule has 134 valence electrons. The number of aromatic nitrogens is 2. The van der Waals surface area contributed by atoms with Crippen molar-refractivity contribution in [2.75, 3.05) is 10.7 Å². The first kappa shape index (κ1) is 18.5. The van der Waals surface area contributed by atoms with Gasteiger partial charge in [-0.15, -0.1) is 0 Å². The predicted molar refractivity (Wildman–Crippen MR) is 108 cm³/mol. The second-order valence-corrected chi connectivity index (χ2v) is 8.18. The number of carbonyl (C=O) groups excluding carboxylic acids is 2. The number of benzene rings is 1. The topological polar surface area (TPSA) is 63.2 Å². The van der Waals surface area contributed by atoms with Crippen LogP contribution in [0.3, 0.4) is 0 Å². The van der Waals surface area contributed by atoms with Gasteiger partial charge in [-0.3, -0.25) is 19.5 Å². The third kappa shape index (κ3) is 4.28. The Bertz CT molecular complexity index is 915. The summed E-state index contributed by atoms with van der Waals surface area (Å²) in [6.45, 7) is 5.96. The van der Waals surface area contributed by atoms with E-state index < -0.39 is 0 Å². The Kier molecular flexibility index (Phi) is 5.68. The molecule has 3 rings (SSSR count). The van der Waals surface area contributed by atoms with E-state index in [1.807, 2.05) is 18.2 Å². The molecule has 2 heterocycles. The molecule has 0 N–H and O–H groups in total. The van der Waals surface area contributed by atoms with Gasteiger partial charge in [-0.05, 0) is 48.7 Å². The fourth-order valence-corrected chi connectivity index (χ4v) is 4.01. The van der Waals surface area contributed by atoms with Crippen LogP contribution < -0.4 is 4.90 Å². The van der Waals surface area contributed by atoms with Crippen LogP contribution in [0.15, 0.2) is 36.7 Å². The number of nitrogens with zero attached hydrogens (tertiary/aromatic N) is 3. The molecule has 0 aliphatic rings. The van der Waals surface area contributed by atoms with Crippen molar-refractivity contribution in [3.05, 3.63) is 53.3 Å². The summed E-state index contributed by atoms with van der Waals surface area (Å²) in [5, 5.41) is 0.568. The molecule has 0 unspecified atom stereocenters. The van der Waals surface area contributed by atoms with Crippen molar-refractivity contribution >= 4 is 49.5 Å². The number of aryl methyl sites for hydroxylation is 2. The monoisotopic (exact) mass is 385 g/mol. The third-order valence-corrected chi connectivity index (χ3v) is 5.83. The maximum absolute atomic E-state index is 12.8. The SMILES string of the molecule is CC(=O)SCC(=O)N(Cc1cccnc1)c1nc2cc(C)c(C)cc2s1. The highest BCUT2D eigenvalue weighted by Gasteiger charge is 2.21. The fraction of sp³-hybridized carbons (Fsp3) is 0.263. The number of amides is 1. The van der Waals surface area contributed by atoms with Crippen LogP contribution in [0.25, 0.3) is 10.2 Å². The number of rotatable bonds is 5. The maximum Gasteiger partial charge on any atom is 0.239 e. The van der Waals surface area contributed by atoms with Crippen molar-refractivity contribution in [1.82, 2.24) is 9.97 Å². The maximum atomic E-state index is 12.8. The Balaban J connectivity index is 1.96. The van der Waals surface area contributed by atoms with E-state index in [-0.39, 0.29) is 16.8 Å². The van der Waals surface area contributed by atoms with Crippen molar-refractivity contribution < 1.29 is 9.59 Å². The highest BCUT2D eigenvalue weighted by atomic mass is 32.2. The van der Waals surface area contributed by atoms with Crippen LogP contribution in [-0.4, -0.2) is 26.7 Å². The van der Waals surface area contributed by atoms with Gasteiger partial charge in [0, 0.05) is 19.3 Å². The summed E-state index contributed by atoms with van der Waals surface area (Å²) >= 11 is 2.51. The normalized spacial score (nSPS) is 10.9. The van der Waals surface area contributed by atoms with Crippen molar-refractivity contribution in [2.45, 2.75) is 27.3 Å². The first-order chi connectivity index (χ1) is 12.4. The first-order valence-corrected chi connectivity index (χ1v) is 9.94. The number of fused-ring (bicyclic) bond motifs is 1. The molecule has 7 heteroatoms. The molecular weight excluding hydrogens is 366 g/mol. The Morgan fingerprint density at radius 1 is 1.23 bits per heavy atom. The summed E-state index contributed by atoms with van der Waals surface area (Å²) in [5.41, 5.74) is 4.17. The van der Waals surface area contributed by atoms with Gasteiger partial charge in [-0.1, -0.05) is 29.2 Å². The molecule has 0 fully saturated rings. The minimum Gasteiger partial charge on any atom is -0.288 e. The van der Waals surface area contributed by atoms with E-state index in [1.165, 1.54) is 29.4 Å². The number of carbonyl (C=O) groups is 2. The van der Waals surface area contributed by atoms with Crippen molar-refractivity contribution in [2.24, 2.45) is 0 Å². The van der Waals surface area contributed by atoms with Gasteiger partial charge in [-0.2, -0.15) is 0 Å². The molecule has 5 nitrogen and oxygen atoms in total. The molecule has 1 aromatic carbocycles. The van der Waals surface area contributed by atoms with Gasteiger partial charge < -0.3 is 0 Å². The van der Waals surface area contributed by atoms with Gasteiger partial charge in [0.2, 0.25) is 5.91 Å². The Morgan fingerprint density at radius 2 is 2.00 bits per heavy atom. The molecule has 0 aliphatic heterocycles. The summed E-state index contributed by atoms with van der Waals surface area (Å²) in [4.78, 5) is 34.4. The molecule has 3 aromatic rings. The summed E-state index contributed by atoms with van der Waals surface area (Å²) in [7, 11) is 0. The number of pyridine rings is 1. The third-order valence-electron chi connectivity index (χ3n) is 3.99. The van der Waals surface area contributed by atoms with Crippen molar-refractivity contribution in [1.29, 1.82) is 0 Å². The lowest BCUT2D eigenvalue weighted by molar-refractivity contribution is -0.116. The molecule has 2 aromatic heterocycles. The Hall–Kier alpha value is -2.25. The summed E-state index contributed by atoms with van der Waals surface area (Å²) < 4.78 is 1.05. The lowest BCUT2D eigenvalue weighted by Gasteiger charge is -2.19. The molecule has 0 saturated carbocycles. The average molecular weight is 386 g/mol. The number of hydrogen-bond donors (Lipinski definition) is 0. The van der Waals surface area contributed by atoms with Crippen LogP contribution in [0.1, 0.15) is 23.6 Å². The first-order valence-electron chi connectivity index (χ1n) is 8.14. The van der Waals surface area contributed by atoms with Gasteiger partial charge in [0.1, 0.15) is 0 Å². The van der Waals surface area contributed by atoms with Crippen LogP contribution in [-0.2, 0) is 16.1 Å². The molecule has 0 spiro atoms. The van der Waals surface area contributed by atoms with E-state index in [9.17, 15) is 9.59 Å². The van der Waals surface area contributed by atoms with Crippen LogP contribution in [0.2, 0.25) is 0 Å². The molecule has 0 radical (unpaired) electrons. The quantitative estimate of drug-likeness (QED) is 0.661. The molecule has 0 saturated heterocycles. The minimum absolute atomic E-state index is 0.0739. The zero-order valence-corrected chi connectivity index (χ0v) is 16.5. The van der Waals surface area contributed by atoms with Crippen LogP contribution >= 0.6 is 23.1 Å². The second kappa shape index (κ2) is 7.97. The molecule has 1 amide bonds. The largest absolute Gasteiger partial charge is 0.288 e. The van der Waals surface area contributed by atoms with Gasteiger partial charge in [-0.25, -0.2) is 4.98 Å². The number of anilines is 1. The van der Waals surface area contributed by atoms with Crippen LogP contribution in [0, 0.1) is 13.8 Å². The van der Waals surface area contributed by atoms with Crippen molar-refractivity contribution in [3.8, 4) is 0 Å². The standard InChI is InChI=1S/C19H19N3O2S2/c1-12-7-16-17(8-13(12)2)26-19(21-16)22(18(24)11-25-14(3)23)10-15-5-4-6-20-9-15/h4-9H,10-11H2,1-3H3. The average Bonchev–Trinajstić information content (AvgIpc) is 3.01. The Morgan fingerprint density at radius 3 is 2.69 bits per heavy atom. The van der Waals surface area contributed by atoms with Gasteiger partial charge in [0.05, 0.1) is 22.5 Å². The lowest BCUT2D eigenvalue weighted by Crippen LogP contribution is -2.32. The van der Waals surface area contributed by atoms with Gasteiger partial charge in [0.15, 0.2) is 10.2 Å². The lowest BCUT2D eigenvalue weighted by atomic mass is 10.1. The van der Waals surface area contributed by atoms with Gasteiger partial charge >= 0.3 is 0 Å². The number of thioether (sulfide) groups is 1. The molecular formula is C19H19N3O2S2. The predicted octanol–water partition coefficient (Wildman–Crippen LogP) is 4.12.